The largest absolute Gasteiger partial charge is 0.493 e. The number of hydrogen-bond donors (Lipinski definition) is 1. The fourth-order valence-electron chi connectivity index (χ4n) is 4.38. The molecule has 0 heterocycles. The molecule has 2 amide bonds. The second-order valence-corrected chi connectivity index (χ2v) is 13.0. The van der Waals surface area contributed by atoms with E-state index >= 15 is 0 Å². The van der Waals surface area contributed by atoms with Crippen molar-refractivity contribution in [1.82, 2.24) is 10.2 Å². The number of nitrogens with one attached hydrogen (secondary N) is 1. The Bertz CT molecular complexity index is 1550. The lowest BCUT2D eigenvalue weighted by Gasteiger charge is -2.33. The number of rotatable bonds is 13. The third kappa shape index (κ3) is 8.47. The lowest BCUT2D eigenvalue weighted by Crippen LogP contribution is -2.53. The first-order valence-electron chi connectivity index (χ1n) is 13.4. The highest BCUT2D eigenvalue weighted by Crippen LogP contribution is 2.33. The summed E-state index contributed by atoms with van der Waals surface area (Å²) in [5, 5.41) is 3.86. The van der Waals surface area contributed by atoms with E-state index in [4.69, 9.17) is 44.3 Å². The first-order valence-corrected chi connectivity index (χ1v) is 15.9. The number of carbonyl (C=O) groups excluding carboxylic acids is 2. The number of ether oxygens (including phenoxy) is 2. The molecule has 3 aromatic rings. The van der Waals surface area contributed by atoms with Crippen molar-refractivity contribution in [3.8, 4) is 11.5 Å². The number of nitrogens with zero attached hydrogens (tertiary/aromatic N) is 2. The summed E-state index contributed by atoms with van der Waals surface area (Å²) in [6, 6.07) is 14.0. The van der Waals surface area contributed by atoms with Crippen molar-refractivity contribution in [2.45, 2.75) is 50.7 Å². The Hall–Kier alpha value is -3.18. The molecule has 1 unspecified atom stereocenters. The molecule has 0 radical (unpaired) electrons. The van der Waals surface area contributed by atoms with Gasteiger partial charge in [0.2, 0.25) is 11.8 Å². The monoisotopic (exact) mass is 669 g/mol. The van der Waals surface area contributed by atoms with E-state index < -0.39 is 28.5 Å². The minimum Gasteiger partial charge on any atom is -0.493 e. The van der Waals surface area contributed by atoms with Gasteiger partial charge in [-0.15, -0.1) is 0 Å². The molecule has 232 valence electrons. The van der Waals surface area contributed by atoms with Gasteiger partial charge in [-0.3, -0.25) is 13.9 Å². The van der Waals surface area contributed by atoms with Crippen LogP contribution < -0.4 is 19.1 Å². The lowest BCUT2D eigenvalue weighted by molar-refractivity contribution is -0.140. The van der Waals surface area contributed by atoms with E-state index in [0.29, 0.717) is 21.4 Å². The first kappa shape index (κ1) is 34.3. The maximum absolute atomic E-state index is 14.2. The van der Waals surface area contributed by atoms with Gasteiger partial charge in [-0.2, -0.15) is 0 Å². The Morgan fingerprint density at radius 2 is 1.53 bits per heavy atom. The van der Waals surface area contributed by atoms with Crippen LogP contribution in [0, 0.1) is 0 Å². The van der Waals surface area contributed by atoms with Gasteiger partial charge in [0.1, 0.15) is 12.6 Å². The number of carbonyl (C=O) groups is 2. The summed E-state index contributed by atoms with van der Waals surface area (Å²) in [6.07, 6.45) is 0.273. The van der Waals surface area contributed by atoms with Crippen molar-refractivity contribution in [3.05, 3.63) is 81.3 Å². The molecule has 0 aliphatic rings. The molecule has 0 bridgehead atoms. The molecule has 1 atom stereocenters. The van der Waals surface area contributed by atoms with Crippen LogP contribution in [-0.2, 0) is 26.2 Å². The molecule has 43 heavy (non-hydrogen) atoms. The van der Waals surface area contributed by atoms with Gasteiger partial charge >= 0.3 is 0 Å². The molecular formula is C30H34Cl3N3O6S. The fraction of sp³-hybridized carbons (Fsp3) is 0.333. The number of hydrogen-bond acceptors (Lipinski definition) is 6. The van der Waals surface area contributed by atoms with Crippen LogP contribution in [0.1, 0.15) is 32.8 Å². The van der Waals surface area contributed by atoms with Gasteiger partial charge < -0.3 is 19.7 Å². The molecule has 1 N–H and O–H groups in total. The number of sulfonamides is 1. The molecule has 0 aromatic heterocycles. The zero-order valence-corrected chi connectivity index (χ0v) is 27.5. The highest BCUT2D eigenvalue weighted by molar-refractivity contribution is 7.92. The lowest BCUT2D eigenvalue weighted by atomic mass is 10.1. The van der Waals surface area contributed by atoms with E-state index in [-0.39, 0.29) is 46.3 Å². The normalized spacial score (nSPS) is 12.0. The summed E-state index contributed by atoms with van der Waals surface area (Å²) in [4.78, 5) is 28.6. The highest BCUT2D eigenvalue weighted by Gasteiger charge is 2.34. The summed E-state index contributed by atoms with van der Waals surface area (Å²) in [5.74, 6) is -0.448. The van der Waals surface area contributed by atoms with E-state index in [9.17, 15) is 18.0 Å². The number of methoxy groups -OCH3 is 2. The predicted octanol–water partition coefficient (Wildman–Crippen LogP) is 6.19. The molecule has 0 spiro atoms. The average molecular weight is 671 g/mol. The van der Waals surface area contributed by atoms with Crippen LogP contribution in [0.3, 0.4) is 0 Å². The Morgan fingerprint density at radius 1 is 0.884 bits per heavy atom. The van der Waals surface area contributed by atoms with Crippen LogP contribution in [0.2, 0.25) is 15.1 Å². The molecule has 0 saturated carbocycles. The topological polar surface area (TPSA) is 105 Å². The Kier molecular flexibility index (Phi) is 12.0. The van der Waals surface area contributed by atoms with Crippen LogP contribution in [0.25, 0.3) is 0 Å². The zero-order chi connectivity index (χ0) is 31.9. The van der Waals surface area contributed by atoms with Crippen molar-refractivity contribution < 1.29 is 27.5 Å². The van der Waals surface area contributed by atoms with Crippen LogP contribution in [0.15, 0.2) is 65.6 Å². The van der Waals surface area contributed by atoms with Gasteiger partial charge in [-0.05, 0) is 74.4 Å². The van der Waals surface area contributed by atoms with E-state index in [1.165, 1.54) is 61.6 Å². The second kappa shape index (κ2) is 15.0. The standard InChI is InChI=1S/C30H34Cl3N3O6S/c1-6-26(30(38)34-19(2)3)35(17-20-7-13-24(32)25(33)15-20)29(37)18-36(22-10-8-21(31)9-11-22)43(39,40)23-12-14-27(41-4)28(16-23)42-5/h7-16,19,26H,6,17-18H2,1-5H3,(H,34,38). The molecule has 0 aliphatic carbocycles. The van der Waals surface area contributed by atoms with Gasteiger partial charge in [-0.25, -0.2) is 8.42 Å². The van der Waals surface area contributed by atoms with Crippen molar-refractivity contribution in [2.75, 3.05) is 25.1 Å². The molecule has 0 saturated heterocycles. The molecule has 0 fully saturated rings. The average Bonchev–Trinajstić information content (AvgIpc) is 2.97. The van der Waals surface area contributed by atoms with Crippen molar-refractivity contribution in [3.63, 3.8) is 0 Å². The SMILES string of the molecule is CCC(C(=O)NC(C)C)N(Cc1ccc(Cl)c(Cl)c1)C(=O)CN(c1ccc(Cl)cc1)S(=O)(=O)c1ccc(OC)c(OC)c1. The maximum Gasteiger partial charge on any atom is 0.264 e. The molecule has 3 rings (SSSR count). The number of halogens is 3. The second-order valence-electron chi connectivity index (χ2n) is 9.86. The Morgan fingerprint density at radius 3 is 2.09 bits per heavy atom. The molecular weight excluding hydrogens is 637 g/mol. The minimum atomic E-state index is -4.34. The molecule has 3 aromatic carbocycles. The van der Waals surface area contributed by atoms with Crippen molar-refractivity contribution >= 4 is 62.3 Å². The summed E-state index contributed by atoms with van der Waals surface area (Å²) in [5.41, 5.74) is 0.807. The Balaban J connectivity index is 2.11. The molecule has 9 nitrogen and oxygen atoms in total. The van der Waals surface area contributed by atoms with Crippen molar-refractivity contribution in [1.29, 1.82) is 0 Å². The third-order valence-electron chi connectivity index (χ3n) is 6.49. The van der Waals surface area contributed by atoms with Gasteiger partial charge in [0, 0.05) is 23.7 Å². The number of amides is 2. The predicted molar refractivity (Wildman–Crippen MR) is 170 cm³/mol. The quantitative estimate of drug-likeness (QED) is 0.233. The molecule has 0 aliphatic heterocycles. The van der Waals surface area contributed by atoms with E-state index in [0.717, 1.165) is 4.31 Å². The van der Waals surface area contributed by atoms with Crippen LogP contribution in [0.4, 0.5) is 5.69 Å². The minimum absolute atomic E-state index is 0.0232. The number of benzene rings is 3. The summed E-state index contributed by atoms with van der Waals surface area (Å²) < 4.78 is 39.8. The first-order chi connectivity index (χ1) is 20.3. The van der Waals surface area contributed by atoms with Crippen LogP contribution in [-0.4, -0.2) is 58.0 Å². The maximum atomic E-state index is 14.2. The number of anilines is 1. The summed E-state index contributed by atoms with van der Waals surface area (Å²) in [7, 11) is -1.51. The fourth-order valence-corrected chi connectivity index (χ4v) is 6.25. The van der Waals surface area contributed by atoms with E-state index in [1.807, 2.05) is 13.8 Å². The van der Waals surface area contributed by atoms with Gasteiger partial charge in [0.15, 0.2) is 11.5 Å². The van der Waals surface area contributed by atoms with Gasteiger partial charge in [-0.1, -0.05) is 47.8 Å². The van der Waals surface area contributed by atoms with Gasteiger partial charge in [0.25, 0.3) is 10.0 Å². The Labute approximate surface area is 267 Å². The van der Waals surface area contributed by atoms with Crippen molar-refractivity contribution in [2.24, 2.45) is 0 Å². The third-order valence-corrected chi connectivity index (χ3v) is 9.25. The smallest absolute Gasteiger partial charge is 0.264 e. The van der Waals surface area contributed by atoms with Crippen LogP contribution >= 0.6 is 34.8 Å². The summed E-state index contributed by atoms with van der Waals surface area (Å²) >= 11 is 18.4. The van der Waals surface area contributed by atoms with Gasteiger partial charge in [0.05, 0.1) is 34.8 Å². The highest BCUT2D eigenvalue weighted by atomic mass is 35.5. The van der Waals surface area contributed by atoms with E-state index in [1.54, 1.807) is 25.1 Å². The summed E-state index contributed by atoms with van der Waals surface area (Å²) in [6.45, 7) is 4.76. The molecule has 13 heteroatoms. The van der Waals surface area contributed by atoms with Crippen LogP contribution in [0.5, 0.6) is 11.5 Å². The zero-order valence-electron chi connectivity index (χ0n) is 24.4. The van der Waals surface area contributed by atoms with E-state index in [2.05, 4.69) is 5.32 Å².